The second-order valence-corrected chi connectivity index (χ2v) is 8.35. The van der Waals surface area contributed by atoms with Crippen molar-refractivity contribution >= 4 is 11.8 Å². The molecule has 0 bridgehead atoms. The van der Waals surface area contributed by atoms with Crippen molar-refractivity contribution in [1.82, 2.24) is 10.6 Å². The molecule has 2 rings (SSSR count). The van der Waals surface area contributed by atoms with Crippen LogP contribution in [0.1, 0.15) is 47.0 Å². The molecule has 2 N–H and O–H groups in total. The fraction of sp³-hybridized carbons (Fsp3) is 0.895. The molecule has 2 saturated heterocycles. The lowest BCUT2D eigenvalue weighted by molar-refractivity contribution is -0.164. The van der Waals surface area contributed by atoms with Crippen molar-refractivity contribution < 1.29 is 19.1 Å². The highest BCUT2D eigenvalue weighted by Crippen LogP contribution is 2.30. The van der Waals surface area contributed by atoms with Crippen LogP contribution in [0.3, 0.4) is 0 Å². The van der Waals surface area contributed by atoms with Crippen molar-refractivity contribution in [1.29, 1.82) is 0 Å². The van der Waals surface area contributed by atoms with Gasteiger partial charge in [-0.3, -0.25) is 9.59 Å². The van der Waals surface area contributed by atoms with Gasteiger partial charge in [0.15, 0.2) is 0 Å². The molecule has 25 heavy (non-hydrogen) atoms. The quantitative estimate of drug-likeness (QED) is 0.549. The number of esters is 1. The molecule has 144 valence electrons. The first kappa shape index (κ1) is 20.3. The molecule has 0 aromatic carbocycles. The summed E-state index contributed by atoms with van der Waals surface area (Å²) in [6, 6.07) is 0. The van der Waals surface area contributed by atoms with Crippen molar-refractivity contribution in [2.75, 3.05) is 33.3 Å². The number of carbonyl (C=O) groups excluding carboxylic acids is 2. The highest BCUT2D eigenvalue weighted by atomic mass is 16.6. The third-order valence-corrected chi connectivity index (χ3v) is 5.74. The Morgan fingerprint density at radius 3 is 2.40 bits per heavy atom. The van der Waals surface area contributed by atoms with E-state index in [-0.39, 0.29) is 17.3 Å². The number of Topliss-reactive ketones (excluding diaryl/α,β-unsaturated/α-hetero) is 1. The van der Waals surface area contributed by atoms with Crippen LogP contribution in [-0.2, 0) is 19.1 Å². The van der Waals surface area contributed by atoms with Crippen molar-refractivity contribution in [3.05, 3.63) is 0 Å². The molecule has 0 aromatic rings. The largest absolute Gasteiger partial charge is 0.456 e. The van der Waals surface area contributed by atoms with Gasteiger partial charge in [-0.1, -0.05) is 13.8 Å². The van der Waals surface area contributed by atoms with E-state index in [4.69, 9.17) is 9.47 Å². The number of rotatable bonds is 1. The molecule has 1 spiro atoms. The normalized spacial score (nSPS) is 41.7. The molecular formula is C19H34N2O4. The number of ether oxygens (including phenoxy) is 2. The predicted molar refractivity (Wildman–Crippen MR) is 96.3 cm³/mol. The molecule has 0 aliphatic carbocycles. The summed E-state index contributed by atoms with van der Waals surface area (Å²) in [6.45, 7) is 10.7. The molecule has 0 saturated carbocycles. The topological polar surface area (TPSA) is 76.7 Å². The van der Waals surface area contributed by atoms with Gasteiger partial charge in [0.05, 0.1) is 5.60 Å². The van der Waals surface area contributed by atoms with Gasteiger partial charge in [-0.15, -0.1) is 0 Å². The molecule has 2 heterocycles. The van der Waals surface area contributed by atoms with Crippen LogP contribution in [0, 0.1) is 17.8 Å². The van der Waals surface area contributed by atoms with Gasteiger partial charge in [-0.25, -0.2) is 0 Å². The summed E-state index contributed by atoms with van der Waals surface area (Å²) in [4.78, 5) is 25.4. The molecule has 0 amide bonds. The van der Waals surface area contributed by atoms with Crippen LogP contribution in [0.25, 0.3) is 0 Å². The summed E-state index contributed by atoms with van der Waals surface area (Å²) in [5, 5.41) is 6.74. The molecule has 5 atom stereocenters. The summed E-state index contributed by atoms with van der Waals surface area (Å²) in [5.41, 5.74) is -0.923. The van der Waals surface area contributed by atoms with Crippen molar-refractivity contribution in [2.45, 2.75) is 58.2 Å². The van der Waals surface area contributed by atoms with Crippen LogP contribution in [0.5, 0.6) is 0 Å². The lowest BCUT2D eigenvalue weighted by atomic mass is 9.81. The zero-order chi connectivity index (χ0) is 18.7. The Morgan fingerprint density at radius 1 is 1.12 bits per heavy atom. The molecule has 5 unspecified atom stereocenters. The minimum Gasteiger partial charge on any atom is -0.456 e. The van der Waals surface area contributed by atoms with E-state index in [2.05, 4.69) is 24.5 Å². The first-order valence-corrected chi connectivity index (χ1v) is 9.43. The van der Waals surface area contributed by atoms with Gasteiger partial charge in [0.25, 0.3) is 0 Å². The molecule has 0 radical (unpaired) electrons. The summed E-state index contributed by atoms with van der Waals surface area (Å²) >= 11 is 0. The van der Waals surface area contributed by atoms with E-state index >= 15 is 0 Å². The molecule has 6 heteroatoms. The average Bonchev–Trinajstić information content (AvgIpc) is 3.00. The van der Waals surface area contributed by atoms with E-state index in [1.807, 2.05) is 6.92 Å². The summed E-state index contributed by atoms with van der Waals surface area (Å²) < 4.78 is 11.6. The van der Waals surface area contributed by atoms with E-state index in [0.717, 1.165) is 25.9 Å². The minimum atomic E-state index is -0.744. The van der Waals surface area contributed by atoms with Crippen LogP contribution in [0.15, 0.2) is 0 Å². The Bertz CT molecular complexity index is 490. The molecule has 2 fully saturated rings. The molecular weight excluding hydrogens is 320 g/mol. The number of ketones is 1. The standard InChI is InChI=1S/C19H34N2O4/c1-13-8-18(4,24-5)9-14(2)16(22)15(3)17(23)25-19(12-21-10-13)6-7-20-11-19/h13-15,20-21H,6-12H2,1-5H3. The zero-order valence-corrected chi connectivity index (χ0v) is 16.3. The fourth-order valence-electron chi connectivity index (χ4n) is 4.19. The van der Waals surface area contributed by atoms with Crippen molar-refractivity contribution in [3.63, 3.8) is 0 Å². The van der Waals surface area contributed by atoms with Crippen LogP contribution in [-0.4, -0.2) is 56.2 Å². The zero-order valence-electron chi connectivity index (χ0n) is 16.3. The lowest BCUT2D eigenvalue weighted by Gasteiger charge is -2.33. The van der Waals surface area contributed by atoms with Gasteiger partial charge in [0, 0.05) is 32.5 Å². The Balaban J connectivity index is 2.23. The van der Waals surface area contributed by atoms with Crippen LogP contribution < -0.4 is 10.6 Å². The van der Waals surface area contributed by atoms with Gasteiger partial charge in [-0.05, 0) is 45.7 Å². The van der Waals surface area contributed by atoms with Gasteiger partial charge in [0.1, 0.15) is 17.3 Å². The van der Waals surface area contributed by atoms with E-state index in [0.29, 0.717) is 25.4 Å². The second kappa shape index (κ2) is 8.14. The van der Waals surface area contributed by atoms with E-state index < -0.39 is 17.5 Å². The van der Waals surface area contributed by atoms with Gasteiger partial charge < -0.3 is 20.1 Å². The summed E-state index contributed by atoms with van der Waals surface area (Å²) in [7, 11) is 1.70. The maximum atomic E-state index is 12.8. The van der Waals surface area contributed by atoms with E-state index in [1.165, 1.54) is 0 Å². The highest BCUT2D eigenvalue weighted by molar-refractivity contribution is 5.99. The molecule has 2 aliphatic heterocycles. The van der Waals surface area contributed by atoms with E-state index in [1.54, 1.807) is 14.0 Å². The molecule has 2 aliphatic rings. The maximum Gasteiger partial charge on any atom is 0.316 e. The summed E-state index contributed by atoms with van der Waals surface area (Å²) in [5.74, 6) is -1.06. The van der Waals surface area contributed by atoms with Crippen molar-refractivity contribution in [2.24, 2.45) is 17.8 Å². The summed E-state index contributed by atoms with van der Waals surface area (Å²) in [6.07, 6.45) is 2.24. The molecule has 6 nitrogen and oxygen atoms in total. The third kappa shape index (κ3) is 5.02. The third-order valence-electron chi connectivity index (χ3n) is 5.74. The van der Waals surface area contributed by atoms with Gasteiger partial charge in [-0.2, -0.15) is 0 Å². The number of carbonyl (C=O) groups is 2. The van der Waals surface area contributed by atoms with E-state index in [9.17, 15) is 9.59 Å². The Morgan fingerprint density at radius 2 is 1.80 bits per heavy atom. The first-order chi connectivity index (χ1) is 11.7. The highest BCUT2D eigenvalue weighted by Gasteiger charge is 2.41. The number of hydrogen-bond acceptors (Lipinski definition) is 6. The average molecular weight is 354 g/mol. The predicted octanol–water partition coefficient (Wildman–Crippen LogP) is 1.53. The lowest BCUT2D eigenvalue weighted by Crippen LogP contribution is -2.48. The monoisotopic (exact) mass is 354 g/mol. The Hall–Kier alpha value is -0.980. The van der Waals surface area contributed by atoms with Crippen LogP contribution >= 0.6 is 0 Å². The van der Waals surface area contributed by atoms with Crippen molar-refractivity contribution in [3.8, 4) is 0 Å². The number of hydrogen-bond donors (Lipinski definition) is 2. The SMILES string of the molecule is COC1(C)CC(C)CNCC2(CCNC2)OC(=O)C(C)C(=O)C(C)C1. The van der Waals surface area contributed by atoms with Crippen LogP contribution in [0.4, 0.5) is 0 Å². The second-order valence-electron chi connectivity index (χ2n) is 8.35. The fourth-order valence-corrected chi connectivity index (χ4v) is 4.19. The minimum absolute atomic E-state index is 0.0609. The smallest absolute Gasteiger partial charge is 0.316 e. The van der Waals surface area contributed by atoms with Crippen LogP contribution in [0.2, 0.25) is 0 Å². The number of methoxy groups -OCH3 is 1. The Labute approximate surface area is 151 Å². The van der Waals surface area contributed by atoms with Gasteiger partial charge in [0.2, 0.25) is 0 Å². The number of nitrogens with one attached hydrogen (secondary N) is 2. The maximum absolute atomic E-state index is 12.8. The Kier molecular flexibility index (Phi) is 6.62. The molecule has 0 aromatic heterocycles. The first-order valence-electron chi connectivity index (χ1n) is 9.43. The van der Waals surface area contributed by atoms with Gasteiger partial charge >= 0.3 is 5.97 Å².